The van der Waals surface area contributed by atoms with Gasteiger partial charge in [-0.3, -0.25) is 4.79 Å². The maximum atomic E-state index is 12.5. The molecule has 2 aliphatic heterocycles. The second-order valence-corrected chi connectivity index (χ2v) is 6.98. The van der Waals surface area contributed by atoms with E-state index in [1.54, 1.807) is 26.1 Å². The highest BCUT2D eigenvalue weighted by Crippen LogP contribution is 2.33. The standard InChI is InChI=1S/C17H24N2O4/c1-17(2)13-6-9-19(15(21)14(13)16(22)23-17)11-12(20)10-18-7-4-3-5-8-18/h6,9,12,20H,3-5,7-8,10-11H2,1-2H3. The summed E-state index contributed by atoms with van der Waals surface area (Å²) in [6, 6.07) is 1.75. The number of likely N-dealkylation sites (tertiary alicyclic amines) is 1. The SMILES string of the molecule is CC1(C)OC(=O)c2c1ccn(CC(O)CN1CCCCC1)c2=O. The van der Waals surface area contributed by atoms with E-state index in [2.05, 4.69) is 4.90 Å². The Kier molecular flexibility index (Phi) is 4.29. The lowest BCUT2D eigenvalue weighted by molar-refractivity contribution is 0.00948. The van der Waals surface area contributed by atoms with Crippen LogP contribution in [-0.4, -0.2) is 46.3 Å². The van der Waals surface area contributed by atoms with Crippen molar-refractivity contribution in [1.82, 2.24) is 9.47 Å². The Morgan fingerprint density at radius 3 is 2.61 bits per heavy atom. The average molecular weight is 320 g/mol. The molecule has 0 saturated carbocycles. The van der Waals surface area contributed by atoms with E-state index in [0.717, 1.165) is 25.9 Å². The fourth-order valence-corrected chi connectivity index (χ4v) is 3.48. The number of piperidine rings is 1. The summed E-state index contributed by atoms with van der Waals surface area (Å²) in [7, 11) is 0. The van der Waals surface area contributed by atoms with Gasteiger partial charge in [0.15, 0.2) is 0 Å². The van der Waals surface area contributed by atoms with Crippen LogP contribution in [0.15, 0.2) is 17.1 Å². The van der Waals surface area contributed by atoms with E-state index < -0.39 is 17.7 Å². The number of β-amino-alcohol motifs (C(OH)–C–C–N with tert-alkyl or cyclic N) is 1. The number of esters is 1. The minimum atomic E-state index is -0.767. The summed E-state index contributed by atoms with van der Waals surface area (Å²) in [6.45, 7) is 6.28. The smallest absolute Gasteiger partial charge is 0.345 e. The third-order valence-electron chi connectivity index (χ3n) is 4.69. The van der Waals surface area contributed by atoms with Gasteiger partial charge in [-0.1, -0.05) is 6.42 Å². The molecule has 1 aromatic rings. The van der Waals surface area contributed by atoms with Gasteiger partial charge in [0.25, 0.3) is 5.56 Å². The van der Waals surface area contributed by atoms with Crippen molar-refractivity contribution >= 4 is 5.97 Å². The first-order valence-corrected chi connectivity index (χ1v) is 8.26. The molecule has 1 atom stereocenters. The van der Waals surface area contributed by atoms with Gasteiger partial charge in [0.05, 0.1) is 12.6 Å². The lowest BCUT2D eigenvalue weighted by Gasteiger charge is -2.28. The molecule has 1 fully saturated rings. The fraction of sp³-hybridized carbons (Fsp3) is 0.647. The molecule has 1 N–H and O–H groups in total. The summed E-state index contributed by atoms with van der Waals surface area (Å²) in [5.41, 5.74) is -0.426. The molecule has 1 aromatic heterocycles. The highest BCUT2D eigenvalue weighted by molar-refractivity contribution is 5.94. The molecule has 2 aliphatic rings. The molecule has 126 valence electrons. The molecular formula is C17H24N2O4. The van der Waals surface area contributed by atoms with Crippen molar-refractivity contribution < 1.29 is 14.6 Å². The third-order valence-corrected chi connectivity index (χ3v) is 4.69. The van der Waals surface area contributed by atoms with Crippen LogP contribution < -0.4 is 5.56 Å². The Morgan fingerprint density at radius 2 is 1.91 bits per heavy atom. The number of carbonyl (C=O) groups is 1. The van der Waals surface area contributed by atoms with E-state index >= 15 is 0 Å². The second kappa shape index (κ2) is 6.09. The molecule has 0 amide bonds. The van der Waals surface area contributed by atoms with Crippen molar-refractivity contribution in [3.05, 3.63) is 33.7 Å². The number of ether oxygens (including phenoxy) is 1. The Labute approximate surface area is 135 Å². The van der Waals surface area contributed by atoms with E-state index in [0.29, 0.717) is 12.1 Å². The van der Waals surface area contributed by atoms with E-state index in [-0.39, 0.29) is 17.7 Å². The average Bonchev–Trinajstić information content (AvgIpc) is 2.72. The van der Waals surface area contributed by atoms with Crippen molar-refractivity contribution in [3.63, 3.8) is 0 Å². The third kappa shape index (κ3) is 3.19. The van der Waals surface area contributed by atoms with Crippen LogP contribution in [0.4, 0.5) is 0 Å². The molecule has 0 aromatic carbocycles. The van der Waals surface area contributed by atoms with E-state index in [1.165, 1.54) is 11.0 Å². The Morgan fingerprint density at radius 1 is 1.22 bits per heavy atom. The van der Waals surface area contributed by atoms with Crippen molar-refractivity contribution in [2.24, 2.45) is 0 Å². The zero-order chi connectivity index (χ0) is 16.6. The Balaban J connectivity index is 1.75. The van der Waals surface area contributed by atoms with Crippen molar-refractivity contribution in [2.75, 3.05) is 19.6 Å². The first-order valence-electron chi connectivity index (χ1n) is 8.26. The lowest BCUT2D eigenvalue weighted by atomic mass is 9.97. The van der Waals surface area contributed by atoms with Gasteiger partial charge in [0.2, 0.25) is 0 Å². The maximum absolute atomic E-state index is 12.5. The van der Waals surface area contributed by atoms with Gasteiger partial charge < -0.3 is 19.3 Å². The summed E-state index contributed by atoms with van der Waals surface area (Å²) in [6.07, 6.45) is 4.58. The molecule has 3 heterocycles. The number of fused-ring (bicyclic) bond motifs is 1. The zero-order valence-corrected chi connectivity index (χ0v) is 13.7. The van der Waals surface area contributed by atoms with Crippen LogP contribution in [0.25, 0.3) is 0 Å². The number of hydrogen-bond donors (Lipinski definition) is 1. The summed E-state index contributed by atoms with van der Waals surface area (Å²) in [5.74, 6) is -0.574. The van der Waals surface area contributed by atoms with Gasteiger partial charge in [0, 0.05) is 18.3 Å². The molecule has 0 spiro atoms. The van der Waals surface area contributed by atoms with Gasteiger partial charge in [0.1, 0.15) is 11.2 Å². The monoisotopic (exact) mass is 320 g/mol. The normalized spacial score (nSPS) is 21.8. The topological polar surface area (TPSA) is 71.8 Å². The summed E-state index contributed by atoms with van der Waals surface area (Å²) in [4.78, 5) is 26.7. The number of aromatic nitrogens is 1. The molecule has 1 unspecified atom stereocenters. The second-order valence-electron chi connectivity index (χ2n) is 6.98. The van der Waals surface area contributed by atoms with Crippen LogP contribution in [0.1, 0.15) is 49.0 Å². The van der Waals surface area contributed by atoms with Gasteiger partial charge in [-0.25, -0.2) is 4.79 Å². The lowest BCUT2D eigenvalue weighted by Crippen LogP contribution is -2.39. The molecule has 0 radical (unpaired) electrons. The summed E-state index contributed by atoms with van der Waals surface area (Å²) < 4.78 is 6.67. The summed E-state index contributed by atoms with van der Waals surface area (Å²) in [5, 5.41) is 10.3. The predicted octanol–water partition coefficient (Wildman–Crippen LogP) is 1.10. The predicted molar refractivity (Wildman–Crippen MR) is 85.4 cm³/mol. The highest BCUT2D eigenvalue weighted by atomic mass is 16.6. The van der Waals surface area contributed by atoms with Crippen LogP contribution in [0.5, 0.6) is 0 Å². The first-order chi connectivity index (χ1) is 10.9. The van der Waals surface area contributed by atoms with Crippen LogP contribution in [0.2, 0.25) is 0 Å². The number of nitrogens with zero attached hydrogens (tertiary/aromatic N) is 2. The van der Waals surface area contributed by atoms with E-state index in [4.69, 9.17) is 4.74 Å². The number of rotatable bonds is 4. The van der Waals surface area contributed by atoms with Crippen LogP contribution in [-0.2, 0) is 16.9 Å². The number of hydrogen-bond acceptors (Lipinski definition) is 5. The number of carbonyl (C=O) groups excluding carboxylic acids is 1. The molecular weight excluding hydrogens is 296 g/mol. The van der Waals surface area contributed by atoms with Crippen molar-refractivity contribution in [3.8, 4) is 0 Å². The van der Waals surface area contributed by atoms with Gasteiger partial charge in [-0.15, -0.1) is 0 Å². The minimum Gasteiger partial charge on any atom is -0.451 e. The molecule has 1 saturated heterocycles. The zero-order valence-electron chi connectivity index (χ0n) is 13.7. The van der Waals surface area contributed by atoms with Crippen LogP contribution >= 0.6 is 0 Å². The van der Waals surface area contributed by atoms with Crippen LogP contribution in [0, 0.1) is 0 Å². The van der Waals surface area contributed by atoms with Crippen molar-refractivity contribution in [2.45, 2.75) is 51.4 Å². The molecule has 6 nitrogen and oxygen atoms in total. The molecule has 0 aliphatic carbocycles. The first kappa shape index (κ1) is 16.2. The van der Waals surface area contributed by atoms with Crippen molar-refractivity contribution in [1.29, 1.82) is 0 Å². The number of pyridine rings is 1. The summed E-state index contributed by atoms with van der Waals surface area (Å²) >= 11 is 0. The fourth-order valence-electron chi connectivity index (χ4n) is 3.48. The largest absolute Gasteiger partial charge is 0.451 e. The molecule has 0 bridgehead atoms. The molecule has 6 heteroatoms. The Hall–Kier alpha value is -1.66. The number of aliphatic hydroxyl groups is 1. The number of aliphatic hydroxyl groups excluding tert-OH is 1. The Bertz CT molecular complexity index is 659. The quantitative estimate of drug-likeness (QED) is 0.841. The highest BCUT2D eigenvalue weighted by Gasteiger charge is 2.40. The molecule has 3 rings (SSSR count). The van der Waals surface area contributed by atoms with Gasteiger partial charge in [-0.2, -0.15) is 0 Å². The van der Waals surface area contributed by atoms with Crippen LogP contribution in [0.3, 0.4) is 0 Å². The van der Waals surface area contributed by atoms with E-state index in [9.17, 15) is 14.7 Å². The number of cyclic esters (lactones) is 1. The van der Waals surface area contributed by atoms with Gasteiger partial charge in [-0.05, 0) is 45.8 Å². The maximum Gasteiger partial charge on any atom is 0.345 e. The minimum absolute atomic E-state index is 0.0997. The van der Waals surface area contributed by atoms with E-state index in [1.807, 2.05) is 0 Å². The molecule has 23 heavy (non-hydrogen) atoms. The van der Waals surface area contributed by atoms with Gasteiger partial charge >= 0.3 is 5.97 Å².